The van der Waals surface area contributed by atoms with Crippen LogP contribution in [0.15, 0.2) is 24.3 Å². The molecule has 1 N–H and O–H groups in total. The summed E-state index contributed by atoms with van der Waals surface area (Å²) in [4.78, 5) is 15.8. The van der Waals surface area contributed by atoms with Crippen molar-refractivity contribution in [2.24, 2.45) is 0 Å². The number of carboxylic acid groups (broad SMARTS) is 1. The van der Waals surface area contributed by atoms with Crippen LogP contribution in [-0.4, -0.2) is 60.7 Å². The largest absolute Gasteiger partial charge is 0.494 e. The standard InChI is InChI=1S/C16H24N2O3/c1-3-21-15-7-5-4-6-13(15)14(12-16(19)20)18-10-8-17(2)9-11-18/h4-7,14H,3,8-12H2,1-2H3,(H,19,20). The normalized spacial score (nSPS) is 18.4. The van der Waals surface area contributed by atoms with Crippen molar-refractivity contribution in [3.63, 3.8) is 0 Å². The molecule has 5 nitrogen and oxygen atoms in total. The van der Waals surface area contributed by atoms with Crippen molar-refractivity contribution < 1.29 is 14.6 Å². The lowest BCUT2D eigenvalue weighted by atomic mass is 10.00. The first-order chi connectivity index (χ1) is 10.1. The summed E-state index contributed by atoms with van der Waals surface area (Å²) in [5, 5.41) is 9.27. The summed E-state index contributed by atoms with van der Waals surface area (Å²) in [7, 11) is 2.09. The number of aliphatic carboxylic acids is 1. The quantitative estimate of drug-likeness (QED) is 0.867. The van der Waals surface area contributed by atoms with Gasteiger partial charge in [-0.15, -0.1) is 0 Å². The minimum atomic E-state index is -0.773. The van der Waals surface area contributed by atoms with Crippen LogP contribution in [0.4, 0.5) is 0 Å². The highest BCUT2D eigenvalue weighted by atomic mass is 16.5. The summed E-state index contributed by atoms with van der Waals surface area (Å²) in [6.45, 7) is 6.22. The minimum absolute atomic E-state index is 0.105. The number of para-hydroxylation sites is 1. The van der Waals surface area contributed by atoms with Gasteiger partial charge in [0.25, 0.3) is 0 Å². The molecule has 1 unspecified atom stereocenters. The zero-order chi connectivity index (χ0) is 15.2. The van der Waals surface area contributed by atoms with Crippen molar-refractivity contribution in [1.82, 2.24) is 9.80 Å². The zero-order valence-electron chi connectivity index (χ0n) is 12.8. The zero-order valence-corrected chi connectivity index (χ0v) is 12.8. The molecule has 0 amide bonds. The van der Waals surface area contributed by atoms with Crippen LogP contribution < -0.4 is 4.74 Å². The fraction of sp³-hybridized carbons (Fsp3) is 0.562. The van der Waals surface area contributed by atoms with Crippen LogP contribution in [0.1, 0.15) is 24.9 Å². The first-order valence-corrected chi connectivity index (χ1v) is 7.48. The van der Waals surface area contributed by atoms with E-state index < -0.39 is 5.97 Å². The minimum Gasteiger partial charge on any atom is -0.494 e. The van der Waals surface area contributed by atoms with Gasteiger partial charge in [0.05, 0.1) is 13.0 Å². The fourth-order valence-electron chi connectivity index (χ4n) is 2.78. The Morgan fingerprint density at radius 1 is 1.29 bits per heavy atom. The average molecular weight is 292 g/mol. The van der Waals surface area contributed by atoms with E-state index >= 15 is 0 Å². The molecule has 21 heavy (non-hydrogen) atoms. The Morgan fingerprint density at radius 3 is 2.57 bits per heavy atom. The first kappa shape index (κ1) is 15.8. The summed E-state index contributed by atoms with van der Waals surface area (Å²) >= 11 is 0. The molecule has 1 aromatic carbocycles. The van der Waals surface area contributed by atoms with E-state index in [0.29, 0.717) is 6.61 Å². The van der Waals surface area contributed by atoms with Crippen molar-refractivity contribution in [3.05, 3.63) is 29.8 Å². The second-order valence-electron chi connectivity index (χ2n) is 5.42. The smallest absolute Gasteiger partial charge is 0.305 e. The molecule has 0 aromatic heterocycles. The maximum Gasteiger partial charge on any atom is 0.305 e. The number of hydrogen-bond acceptors (Lipinski definition) is 4. The highest BCUT2D eigenvalue weighted by Gasteiger charge is 2.28. The van der Waals surface area contributed by atoms with Gasteiger partial charge in [-0.3, -0.25) is 9.69 Å². The predicted molar refractivity (Wildman–Crippen MR) is 81.7 cm³/mol. The lowest BCUT2D eigenvalue weighted by Gasteiger charge is -2.38. The lowest BCUT2D eigenvalue weighted by molar-refractivity contribution is -0.138. The maximum atomic E-state index is 11.3. The Bertz CT molecular complexity index is 470. The number of nitrogens with zero attached hydrogens (tertiary/aromatic N) is 2. The maximum absolute atomic E-state index is 11.3. The van der Waals surface area contributed by atoms with Crippen LogP contribution in [0.3, 0.4) is 0 Å². The van der Waals surface area contributed by atoms with Gasteiger partial charge in [0.1, 0.15) is 5.75 Å². The average Bonchev–Trinajstić information content (AvgIpc) is 2.47. The molecule has 1 atom stereocenters. The number of likely N-dealkylation sites (N-methyl/N-ethyl adjacent to an activating group) is 1. The predicted octanol–water partition coefficient (Wildman–Crippen LogP) is 1.85. The molecule has 1 heterocycles. The van der Waals surface area contributed by atoms with Gasteiger partial charge in [-0.05, 0) is 20.0 Å². The van der Waals surface area contributed by atoms with Gasteiger partial charge in [0, 0.05) is 37.8 Å². The Kier molecular flexibility index (Phi) is 5.59. The lowest BCUT2D eigenvalue weighted by Crippen LogP contribution is -2.46. The molecule has 1 fully saturated rings. The van der Waals surface area contributed by atoms with E-state index in [0.717, 1.165) is 37.5 Å². The van der Waals surface area contributed by atoms with E-state index in [9.17, 15) is 9.90 Å². The van der Waals surface area contributed by atoms with Gasteiger partial charge in [0.2, 0.25) is 0 Å². The molecule has 0 radical (unpaired) electrons. The molecule has 1 aromatic rings. The molecule has 0 bridgehead atoms. The molecule has 116 valence electrons. The van der Waals surface area contributed by atoms with E-state index in [1.165, 1.54) is 0 Å². The number of ether oxygens (including phenoxy) is 1. The van der Waals surface area contributed by atoms with Crippen LogP contribution in [0.2, 0.25) is 0 Å². The van der Waals surface area contributed by atoms with E-state index in [-0.39, 0.29) is 12.5 Å². The Balaban J connectivity index is 2.25. The number of carboxylic acids is 1. The van der Waals surface area contributed by atoms with Crippen LogP contribution in [0.5, 0.6) is 5.75 Å². The molecule has 2 rings (SSSR count). The molecule has 0 saturated carbocycles. The molecule has 1 aliphatic heterocycles. The van der Waals surface area contributed by atoms with Crippen LogP contribution in [-0.2, 0) is 4.79 Å². The Labute approximate surface area is 126 Å². The van der Waals surface area contributed by atoms with E-state index in [1.807, 2.05) is 31.2 Å². The number of benzene rings is 1. The molecule has 5 heteroatoms. The molecular weight excluding hydrogens is 268 g/mol. The topological polar surface area (TPSA) is 53.0 Å². The van der Waals surface area contributed by atoms with Crippen molar-refractivity contribution in [2.45, 2.75) is 19.4 Å². The van der Waals surface area contributed by atoms with Gasteiger partial charge in [0.15, 0.2) is 0 Å². The molecule has 1 saturated heterocycles. The summed E-state index contributed by atoms with van der Waals surface area (Å²) in [6.07, 6.45) is 0.105. The van der Waals surface area contributed by atoms with Crippen molar-refractivity contribution >= 4 is 5.97 Å². The van der Waals surface area contributed by atoms with E-state index in [4.69, 9.17) is 4.74 Å². The third kappa shape index (κ3) is 4.19. The van der Waals surface area contributed by atoms with Crippen molar-refractivity contribution in [1.29, 1.82) is 0 Å². The van der Waals surface area contributed by atoms with Gasteiger partial charge in [-0.2, -0.15) is 0 Å². The molecular formula is C16H24N2O3. The third-order valence-electron chi connectivity index (χ3n) is 3.92. The molecule has 0 spiro atoms. The summed E-state index contributed by atoms with van der Waals surface area (Å²) < 4.78 is 5.68. The molecule has 0 aliphatic carbocycles. The first-order valence-electron chi connectivity index (χ1n) is 7.48. The monoisotopic (exact) mass is 292 g/mol. The van der Waals surface area contributed by atoms with Gasteiger partial charge >= 0.3 is 5.97 Å². The van der Waals surface area contributed by atoms with Crippen molar-refractivity contribution in [3.8, 4) is 5.75 Å². The second-order valence-corrected chi connectivity index (χ2v) is 5.42. The molecule has 1 aliphatic rings. The van der Waals surface area contributed by atoms with Gasteiger partial charge < -0.3 is 14.7 Å². The summed E-state index contributed by atoms with van der Waals surface area (Å²) in [5.41, 5.74) is 0.978. The number of carbonyl (C=O) groups is 1. The van der Waals surface area contributed by atoms with E-state index in [1.54, 1.807) is 0 Å². The number of piperazine rings is 1. The third-order valence-corrected chi connectivity index (χ3v) is 3.92. The number of hydrogen-bond donors (Lipinski definition) is 1. The highest BCUT2D eigenvalue weighted by Crippen LogP contribution is 2.32. The number of rotatable bonds is 6. The fourth-order valence-corrected chi connectivity index (χ4v) is 2.78. The summed E-state index contributed by atoms with van der Waals surface area (Å²) in [5.74, 6) is 0.0235. The van der Waals surface area contributed by atoms with Crippen molar-refractivity contribution in [2.75, 3.05) is 39.8 Å². The van der Waals surface area contributed by atoms with Crippen LogP contribution >= 0.6 is 0 Å². The second kappa shape index (κ2) is 7.43. The van der Waals surface area contributed by atoms with E-state index in [2.05, 4.69) is 16.8 Å². The van der Waals surface area contributed by atoms with Gasteiger partial charge in [-0.25, -0.2) is 0 Å². The Hall–Kier alpha value is -1.59. The Morgan fingerprint density at radius 2 is 1.95 bits per heavy atom. The highest BCUT2D eigenvalue weighted by molar-refractivity contribution is 5.68. The van der Waals surface area contributed by atoms with Crippen LogP contribution in [0.25, 0.3) is 0 Å². The summed E-state index contributed by atoms with van der Waals surface area (Å²) in [6, 6.07) is 7.65. The van der Waals surface area contributed by atoms with Crippen LogP contribution in [0, 0.1) is 0 Å². The van der Waals surface area contributed by atoms with Gasteiger partial charge in [-0.1, -0.05) is 18.2 Å². The SMILES string of the molecule is CCOc1ccccc1C(CC(=O)O)N1CCN(C)CC1.